The first-order valence-electron chi connectivity index (χ1n) is 6.57. The maximum absolute atomic E-state index is 8.72. The largest absolute Gasteiger partial charge is 0.399 e. The third-order valence-electron chi connectivity index (χ3n) is 3.34. The molecule has 0 saturated carbocycles. The van der Waals surface area contributed by atoms with Crippen LogP contribution in [0.4, 0.5) is 5.69 Å². The average Bonchev–Trinajstić information content (AvgIpc) is 2.38. The van der Waals surface area contributed by atoms with Gasteiger partial charge in [0.25, 0.3) is 0 Å². The van der Waals surface area contributed by atoms with Crippen LogP contribution in [0.2, 0.25) is 0 Å². The molecule has 1 aliphatic heterocycles. The molecular formula is C14H22N2O2. The van der Waals surface area contributed by atoms with E-state index in [1.54, 1.807) is 0 Å². The molecule has 18 heavy (non-hydrogen) atoms. The van der Waals surface area contributed by atoms with Crippen molar-refractivity contribution in [2.45, 2.75) is 25.5 Å². The van der Waals surface area contributed by atoms with Crippen LogP contribution in [0.15, 0.2) is 24.3 Å². The standard InChI is InChI=1S/C14H22N2O2/c15-13-3-1-2-12(10-13)11-16-6-4-14(5-7-16)18-9-8-17/h1-3,10,14,17H,4-9,11,15H2. The van der Waals surface area contributed by atoms with Crippen LogP contribution in [0.3, 0.4) is 0 Å². The minimum Gasteiger partial charge on any atom is -0.399 e. The highest BCUT2D eigenvalue weighted by Crippen LogP contribution is 2.17. The Balaban J connectivity index is 1.76. The van der Waals surface area contributed by atoms with Crippen molar-refractivity contribution in [1.29, 1.82) is 0 Å². The predicted molar refractivity (Wildman–Crippen MR) is 72.2 cm³/mol. The summed E-state index contributed by atoms with van der Waals surface area (Å²) >= 11 is 0. The highest BCUT2D eigenvalue weighted by Gasteiger charge is 2.19. The molecule has 1 fully saturated rings. The summed E-state index contributed by atoms with van der Waals surface area (Å²) in [5.74, 6) is 0. The molecule has 3 N–H and O–H groups in total. The van der Waals surface area contributed by atoms with Gasteiger partial charge in [-0.15, -0.1) is 0 Å². The van der Waals surface area contributed by atoms with Crippen LogP contribution in [-0.2, 0) is 11.3 Å². The first kappa shape index (κ1) is 13.3. The summed E-state index contributed by atoms with van der Waals surface area (Å²) in [6.07, 6.45) is 2.40. The van der Waals surface area contributed by atoms with Crippen molar-refractivity contribution >= 4 is 5.69 Å². The SMILES string of the molecule is Nc1cccc(CN2CCC(OCCO)CC2)c1. The Morgan fingerprint density at radius 3 is 2.78 bits per heavy atom. The van der Waals surface area contributed by atoms with Gasteiger partial charge in [-0.05, 0) is 30.5 Å². The van der Waals surface area contributed by atoms with Crippen molar-refractivity contribution in [3.05, 3.63) is 29.8 Å². The molecule has 1 saturated heterocycles. The average molecular weight is 250 g/mol. The van der Waals surface area contributed by atoms with Crippen molar-refractivity contribution in [3.8, 4) is 0 Å². The summed E-state index contributed by atoms with van der Waals surface area (Å²) in [4.78, 5) is 2.42. The van der Waals surface area contributed by atoms with E-state index in [9.17, 15) is 0 Å². The van der Waals surface area contributed by atoms with Gasteiger partial charge in [-0.3, -0.25) is 4.90 Å². The van der Waals surface area contributed by atoms with Crippen molar-refractivity contribution < 1.29 is 9.84 Å². The molecule has 1 aromatic rings. The van der Waals surface area contributed by atoms with Crippen LogP contribution in [0.5, 0.6) is 0 Å². The summed E-state index contributed by atoms with van der Waals surface area (Å²) < 4.78 is 5.55. The van der Waals surface area contributed by atoms with Crippen molar-refractivity contribution in [3.63, 3.8) is 0 Å². The van der Waals surface area contributed by atoms with E-state index >= 15 is 0 Å². The zero-order valence-corrected chi connectivity index (χ0v) is 10.7. The van der Waals surface area contributed by atoms with E-state index in [0.29, 0.717) is 12.7 Å². The zero-order chi connectivity index (χ0) is 12.8. The molecule has 0 aliphatic carbocycles. The molecule has 4 heteroatoms. The van der Waals surface area contributed by atoms with Gasteiger partial charge >= 0.3 is 0 Å². The second kappa shape index (κ2) is 6.73. The van der Waals surface area contributed by atoms with Crippen LogP contribution in [0.25, 0.3) is 0 Å². The van der Waals surface area contributed by atoms with E-state index in [4.69, 9.17) is 15.6 Å². The lowest BCUT2D eigenvalue weighted by atomic mass is 10.1. The van der Waals surface area contributed by atoms with Crippen LogP contribution < -0.4 is 5.73 Å². The number of aliphatic hydroxyl groups excluding tert-OH is 1. The quantitative estimate of drug-likeness (QED) is 0.772. The van der Waals surface area contributed by atoms with Gasteiger partial charge in [0.1, 0.15) is 0 Å². The first-order valence-corrected chi connectivity index (χ1v) is 6.57. The van der Waals surface area contributed by atoms with Crippen molar-refractivity contribution in [1.82, 2.24) is 4.90 Å². The number of piperidine rings is 1. The Morgan fingerprint density at radius 1 is 1.33 bits per heavy atom. The molecule has 4 nitrogen and oxygen atoms in total. The van der Waals surface area contributed by atoms with Gasteiger partial charge in [-0.1, -0.05) is 12.1 Å². The van der Waals surface area contributed by atoms with E-state index in [0.717, 1.165) is 38.2 Å². The number of rotatable bonds is 5. The summed E-state index contributed by atoms with van der Waals surface area (Å²) in [5.41, 5.74) is 7.87. The molecule has 1 aliphatic rings. The maximum Gasteiger partial charge on any atom is 0.0701 e. The summed E-state index contributed by atoms with van der Waals surface area (Å²) in [5, 5.41) is 8.72. The molecule has 2 rings (SSSR count). The number of aliphatic hydroxyl groups is 1. The van der Waals surface area contributed by atoms with Gasteiger partial charge in [0.15, 0.2) is 0 Å². The van der Waals surface area contributed by atoms with E-state index in [1.165, 1.54) is 5.56 Å². The third-order valence-corrected chi connectivity index (χ3v) is 3.34. The summed E-state index contributed by atoms with van der Waals surface area (Å²) in [6, 6.07) is 8.07. The second-order valence-electron chi connectivity index (χ2n) is 4.81. The van der Waals surface area contributed by atoms with Gasteiger partial charge in [-0.25, -0.2) is 0 Å². The first-order chi connectivity index (χ1) is 8.78. The Kier molecular flexibility index (Phi) is 4.99. The fourth-order valence-electron chi connectivity index (χ4n) is 2.40. The number of hydrogen-bond acceptors (Lipinski definition) is 4. The molecule has 0 spiro atoms. The van der Waals surface area contributed by atoms with Gasteiger partial charge in [0.05, 0.1) is 19.3 Å². The zero-order valence-electron chi connectivity index (χ0n) is 10.7. The molecule has 0 aromatic heterocycles. The monoisotopic (exact) mass is 250 g/mol. The highest BCUT2D eigenvalue weighted by atomic mass is 16.5. The van der Waals surface area contributed by atoms with E-state index in [-0.39, 0.29) is 6.61 Å². The van der Waals surface area contributed by atoms with Gasteiger partial charge in [0.2, 0.25) is 0 Å². The number of nitrogens with two attached hydrogens (primary N) is 1. The number of nitrogen functional groups attached to an aromatic ring is 1. The van der Waals surface area contributed by atoms with Crippen LogP contribution >= 0.6 is 0 Å². The summed E-state index contributed by atoms with van der Waals surface area (Å²) in [6.45, 7) is 3.62. The Labute approximate surface area is 108 Å². The number of anilines is 1. The van der Waals surface area contributed by atoms with Gasteiger partial charge in [0, 0.05) is 25.3 Å². The molecule has 1 aromatic carbocycles. The summed E-state index contributed by atoms with van der Waals surface area (Å²) in [7, 11) is 0. The Morgan fingerprint density at radius 2 is 2.11 bits per heavy atom. The molecule has 0 atom stereocenters. The lowest BCUT2D eigenvalue weighted by Gasteiger charge is -2.31. The number of nitrogens with zero attached hydrogens (tertiary/aromatic N) is 1. The molecule has 0 radical (unpaired) electrons. The topological polar surface area (TPSA) is 58.7 Å². The Hall–Kier alpha value is -1.10. The fourth-order valence-corrected chi connectivity index (χ4v) is 2.40. The molecule has 1 heterocycles. The van der Waals surface area contributed by atoms with Crippen molar-refractivity contribution in [2.24, 2.45) is 0 Å². The lowest BCUT2D eigenvalue weighted by Crippen LogP contribution is -2.36. The fraction of sp³-hybridized carbons (Fsp3) is 0.571. The van der Waals surface area contributed by atoms with Gasteiger partial charge in [-0.2, -0.15) is 0 Å². The normalized spacial score (nSPS) is 18.1. The number of benzene rings is 1. The maximum atomic E-state index is 8.72. The molecule has 100 valence electrons. The number of hydrogen-bond donors (Lipinski definition) is 2. The highest BCUT2D eigenvalue weighted by molar-refractivity contribution is 5.40. The predicted octanol–water partition coefficient (Wildman–Crippen LogP) is 1.24. The van der Waals surface area contributed by atoms with E-state index < -0.39 is 0 Å². The molecule has 0 bridgehead atoms. The lowest BCUT2D eigenvalue weighted by molar-refractivity contribution is -0.00901. The smallest absolute Gasteiger partial charge is 0.0701 e. The molecular weight excluding hydrogens is 228 g/mol. The minimum atomic E-state index is 0.115. The van der Waals surface area contributed by atoms with Crippen LogP contribution in [-0.4, -0.2) is 42.4 Å². The third kappa shape index (κ3) is 3.98. The minimum absolute atomic E-state index is 0.115. The van der Waals surface area contributed by atoms with Gasteiger partial charge < -0.3 is 15.6 Å². The molecule has 0 amide bonds. The molecule has 0 unspecified atom stereocenters. The van der Waals surface area contributed by atoms with Crippen molar-refractivity contribution in [2.75, 3.05) is 32.0 Å². The van der Waals surface area contributed by atoms with Crippen LogP contribution in [0, 0.1) is 0 Å². The van der Waals surface area contributed by atoms with E-state index in [2.05, 4.69) is 11.0 Å². The second-order valence-corrected chi connectivity index (χ2v) is 4.81. The Bertz CT molecular complexity index is 363. The van der Waals surface area contributed by atoms with E-state index in [1.807, 2.05) is 18.2 Å². The number of ether oxygens (including phenoxy) is 1. The number of likely N-dealkylation sites (tertiary alicyclic amines) is 1. The van der Waals surface area contributed by atoms with Crippen LogP contribution in [0.1, 0.15) is 18.4 Å².